The third-order valence-electron chi connectivity index (χ3n) is 3.77. The molecule has 3 heterocycles. The number of aromatic amines is 1. The molecule has 1 aliphatic rings. The Morgan fingerprint density at radius 3 is 3.18 bits per heavy atom. The molecular weight excluding hydrogens is 284 g/mol. The Morgan fingerprint density at radius 1 is 1.50 bits per heavy atom. The van der Waals surface area contributed by atoms with Crippen LogP contribution < -0.4 is 10.1 Å². The van der Waals surface area contributed by atoms with Gasteiger partial charge in [0.05, 0.1) is 31.5 Å². The molecule has 0 aliphatic carbocycles. The number of rotatable bonds is 4. The molecule has 1 aliphatic heterocycles. The van der Waals surface area contributed by atoms with E-state index in [9.17, 15) is 4.79 Å². The van der Waals surface area contributed by atoms with E-state index in [1.807, 2.05) is 0 Å². The van der Waals surface area contributed by atoms with Crippen molar-refractivity contribution in [3.63, 3.8) is 0 Å². The summed E-state index contributed by atoms with van der Waals surface area (Å²) in [4.78, 5) is 16.7. The van der Waals surface area contributed by atoms with Gasteiger partial charge in [-0.25, -0.2) is 0 Å². The van der Waals surface area contributed by atoms with E-state index in [0.717, 1.165) is 18.4 Å². The molecule has 0 saturated carbocycles. The minimum Gasteiger partial charge on any atom is -0.494 e. The minimum atomic E-state index is -0.282. The normalized spacial score (nSPS) is 21.3. The van der Waals surface area contributed by atoms with Crippen LogP contribution in [0.4, 0.5) is 5.69 Å². The van der Waals surface area contributed by atoms with Crippen LogP contribution in [0.3, 0.4) is 0 Å². The number of methoxy groups -OCH3 is 1. The molecule has 1 fully saturated rings. The van der Waals surface area contributed by atoms with Crippen molar-refractivity contribution in [3.8, 4) is 5.75 Å². The van der Waals surface area contributed by atoms with Gasteiger partial charge in [0.25, 0.3) is 0 Å². The van der Waals surface area contributed by atoms with Gasteiger partial charge in [0.2, 0.25) is 5.91 Å². The zero-order chi connectivity index (χ0) is 15.4. The highest BCUT2D eigenvalue weighted by atomic mass is 16.5. The van der Waals surface area contributed by atoms with Gasteiger partial charge < -0.3 is 14.8 Å². The van der Waals surface area contributed by atoms with Gasteiger partial charge in [-0.1, -0.05) is 0 Å². The van der Waals surface area contributed by atoms with Gasteiger partial charge in [0, 0.05) is 30.6 Å². The van der Waals surface area contributed by atoms with E-state index in [4.69, 9.17) is 9.47 Å². The monoisotopic (exact) mass is 302 g/mol. The lowest BCUT2D eigenvalue weighted by atomic mass is 9.90. The third kappa shape index (κ3) is 2.94. The fourth-order valence-corrected chi connectivity index (χ4v) is 2.67. The summed E-state index contributed by atoms with van der Waals surface area (Å²) in [5, 5.41) is 9.58. The second kappa shape index (κ2) is 6.57. The highest BCUT2D eigenvalue weighted by molar-refractivity contribution is 5.94. The second-order valence-corrected chi connectivity index (χ2v) is 5.14. The number of nitrogens with one attached hydrogen (secondary N) is 2. The van der Waals surface area contributed by atoms with Gasteiger partial charge in [-0.3, -0.25) is 14.9 Å². The van der Waals surface area contributed by atoms with E-state index in [0.29, 0.717) is 18.0 Å². The molecule has 0 aromatic carbocycles. The van der Waals surface area contributed by atoms with Crippen molar-refractivity contribution >= 4 is 11.6 Å². The van der Waals surface area contributed by atoms with Gasteiger partial charge in [0.15, 0.2) is 0 Å². The number of nitrogens with zero attached hydrogens (tertiary/aromatic N) is 2. The molecular formula is C15H18N4O3. The first-order valence-electron chi connectivity index (χ1n) is 7.18. The molecule has 7 heteroatoms. The van der Waals surface area contributed by atoms with Crippen molar-refractivity contribution in [1.82, 2.24) is 15.2 Å². The standard InChI is InChI=1S/C15H18N4O3/c1-21-13-4-5-16-9-12(13)19-15(20)11-3-2-6-22-14(11)10-7-17-18-8-10/h4-5,7-9,11,14H,2-3,6H2,1H3,(H,17,18)(H,19,20)/t11-,14+/m1/s1. The second-order valence-electron chi connectivity index (χ2n) is 5.14. The molecule has 1 saturated heterocycles. The van der Waals surface area contributed by atoms with E-state index in [-0.39, 0.29) is 17.9 Å². The number of amides is 1. The molecule has 2 aromatic rings. The van der Waals surface area contributed by atoms with E-state index >= 15 is 0 Å². The zero-order valence-corrected chi connectivity index (χ0v) is 12.3. The minimum absolute atomic E-state index is 0.0998. The number of pyridine rings is 1. The summed E-state index contributed by atoms with van der Waals surface area (Å²) >= 11 is 0. The van der Waals surface area contributed by atoms with Gasteiger partial charge in [0.1, 0.15) is 11.4 Å². The quantitative estimate of drug-likeness (QED) is 0.900. The average molecular weight is 302 g/mol. The molecule has 22 heavy (non-hydrogen) atoms. The molecule has 2 N–H and O–H groups in total. The molecule has 0 bridgehead atoms. The van der Waals surface area contributed by atoms with Crippen LogP contribution in [-0.2, 0) is 9.53 Å². The number of hydrogen-bond acceptors (Lipinski definition) is 5. The molecule has 0 radical (unpaired) electrons. The van der Waals surface area contributed by atoms with E-state index in [1.165, 1.54) is 0 Å². The van der Waals surface area contributed by atoms with Gasteiger partial charge in [-0.2, -0.15) is 5.10 Å². The lowest BCUT2D eigenvalue weighted by Crippen LogP contribution is -2.33. The fraction of sp³-hybridized carbons (Fsp3) is 0.400. The van der Waals surface area contributed by atoms with E-state index in [1.54, 1.807) is 38.0 Å². The van der Waals surface area contributed by atoms with E-state index < -0.39 is 0 Å². The number of anilines is 1. The summed E-state index contributed by atoms with van der Waals surface area (Å²) in [6.07, 6.45) is 8.00. The Labute approximate surface area is 128 Å². The number of ether oxygens (including phenoxy) is 2. The largest absolute Gasteiger partial charge is 0.494 e. The predicted molar refractivity (Wildman–Crippen MR) is 79.4 cm³/mol. The van der Waals surface area contributed by atoms with Crippen LogP contribution in [0.25, 0.3) is 0 Å². The lowest BCUT2D eigenvalue weighted by Gasteiger charge is -2.30. The molecule has 1 amide bonds. The fourth-order valence-electron chi connectivity index (χ4n) is 2.67. The lowest BCUT2D eigenvalue weighted by molar-refractivity contribution is -0.129. The number of carbonyl (C=O) groups excluding carboxylic acids is 1. The molecule has 3 rings (SSSR count). The van der Waals surface area contributed by atoms with Crippen LogP contribution in [0.5, 0.6) is 5.75 Å². The van der Waals surface area contributed by atoms with Crippen molar-refractivity contribution in [2.75, 3.05) is 19.0 Å². The van der Waals surface area contributed by atoms with E-state index in [2.05, 4.69) is 20.5 Å². The maximum absolute atomic E-state index is 12.6. The summed E-state index contributed by atoms with van der Waals surface area (Å²) in [6, 6.07) is 1.71. The highest BCUT2D eigenvalue weighted by Crippen LogP contribution is 2.34. The maximum atomic E-state index is 12.6. The van der Waals surface area contributed by atoms with Crippen LogP contribution in [0, 0.1) is 5.92 Å². The number of hydrogen-bond donors (Lipinski definition) is 2. The smallest absolute Gasteiger partial charge is 0.230 e. The molecule has 0 unspecified atom stereocenters. The van der Waals surface area contributed by atoms with Gasteiger partial charge in [-0.15, -0.1) is 0 Å². The predicted octanol–water partition coefficient (Wildman–Crippen LogP) is 1.92. The van der Waals surface area contributed by atoms with Crippen LogP contribution in [0.2, 0.25) is 0 Å². The Hall–Kier alpha value is -2.41. The summed E-state index contributed by atoms with van der Waals surface area (Å²) < 4.78 is 11.0. The van der Waals surface area contributed by atoms with Crippen molar-refractivity contribution in [3.05, 3.63) is 36.4 Å². The van der Waals surface area contributed by atoms with Crippen molar-refractivity contribution in [2.45, 2.75) is 18.9 Å². The van der Waals surface area contributed by atoms with Crippen LogP contribution in [-0.4, -0.2) is 34.8 Å². The topological polar surface area (TPSA) is 89.1 Å². The van der Waals surface area contributed by atoms with Crippen LogP contribution in [0.15, 0.2) is 30.9 Å². The van der Waals surface area contributed by atoms with Gasteiger partial charge >= 0.3 is 0 Å². The summed E-state index contributed by atoms with van der Waals surface area (Å²) in [5.41, 5.74) is 1.45. The zero-order valence-electron chi connectivity index (χ0n) is 12.3. The number of H-pyrrole nitrogens is 1. The first-order valence-corrected chi connectivity index (χ1v) is 7.18. The number of aromatic nitrogens is 3. The van der Waals surface area contributed by atoms with Gasteiger partial charge in [-0.05, 0) is 12.8 Å². The summed E-state index contributed by atoms with van der Waals surface area (Å²) in [6.45, 7) is 0.649. The Morgan fingerprint density at radius 2 is 2.41 bits per heavy atom. The number of carbonyl (C=O) groups is 1. The van der Waals surface area contributed by atoms with Crippen molar-refractivity contribution in [2.24, 2.45) is 5.92 Å². The Bertz CT molecular complexity index is 629. The van der Waals surface area contributed by atoms with Crippen molar-refractivity contribution < 1.29 is 14.3 Å². The average Bonchev–Trinajstić information content (AvgIpc) is 3.09. The van der Waals surface area contributed by atoms with Crippen LogP contribution >= 0.6 is 0 Å². The summed E-state index contributed by atoms with van der Waals surface area (Å²) in [5.74, 6) is 0.216. The highest BCUT2D eigenvalue weighted by Gasteiger charge is 2.34. The Kier molecular flexibility index (Phi) is 4.34. The summed E-state index contributed by atoms with van der Waals surface area (Å²) in [7, 11) is 1.56. The molecule has 2 aromatic heterocycles. The Balaban J connectivity index is 1.77. The molecule has 2 atom stereocenters. The molecule has 7 nitrogen and oxygen atoms in total. The first kappa shape index (κ1) is 14.5. The third-order valence-corrected chi connectivity index (χ3v) is 3.77. The van der Waals surface area contributed by atoms with Crippen LogP contribution in [0.1, 0.15) is 24.5 Å². The SMILES string of the molecule is COc1ccncc1NC(=O)[C@@H]1CCCO[C@H]1c1cn[nH]c1. The van der Waals surface area contributed by atoms with Crippen molar-refractivity contribution in [1.29, 1.82) is 0 Å². The maximum Gasteiger partial charge on any atom is 0.230 e. The molecule has 116 valence electrons. The first-order chi connectivity index (χ1) is 10.8. The molecule has 0 spiro atoms.